The summed E-state index contributed by atoms with van der Waals surface area (Å²) in [5, 5.41) is 10.5. The Morgan fingerprint density at radius 3 is 2.05 bits per heavy atom. The van der Waals surface area contributed by atoms with Crippen LogP contribution in [-0.2, 0) is 33.4 Å². The quantitative estimate of drug-likeness (QED) is 0.359. The summed E-state index contributed by atoms with van der Waals surface area (Å²) in [6, 6.07) is 0. The summed E-state index contributed by atoms with van der Waals surface area (Å²) in [4.78, 5) is 47.4. The van der Waals surface area contributed by atoms with Crippen molar-refractivity contribution in [2.45, 2.75) is 38.2 Å². The smallest absolute Gasteiger partial charge is 0.339 e. The van der Waals surface area contributed by atoms with Crippen molar-refractivity contribution in [3.8, 4) is 0 Å². The van der Waals surface area contributed by atoms with Crippen molar-refractivity contribution in [3.63, 3.8) is 0 Å². The lowest BCUT2D eigenvalue weighted by atomic mass is 9.80. The molecular weight excluding hydrogens is 296 g/mol. The van der Waals surface area contributed by atoms with Gasteiger partial charge in [0, 0.05) is 6.42 Å². The van der Waals surface area contributed by atoms with Gasteiger partial charge in [0.05, 0.1) is 27.8 Å². The number of esters is 3. The molecule has 22 heavy (non-hydrogen) atoms. The van der Waals surface area contributed by atoms with Gasteiger partial charge in [0.15, 0.2) is 17.3 Å². The van der Waals surface area contributed by atoms with Gasteiger partial charge < -0.3 is 19.3 Å². The van der Waals surface area contributed by atoms with Gasteiger partial charge in [-0.2, -0.15) is 0 Å². The lowest BCUT2D eigenvalue weighted by molar-refractivity contribution is -0.184. The number of methoxy groups -OCH3 is 3. The molecule has 8 heteroatoms. The Kier molecular flexibility index (Phi) is 8.32. The maximum absolute atomic E-state index is 12.2. The number of ketones is 1. The monoisotopic (exact) mass is 318 g/mol. The minimum atomic E-state index is -2.67. The molecule has 0 saturated heterocycles. The van der Waals surface area contributed by atoms with E-state index in [1.54, 1.807) is 0 Å². The fourth-order valence-corrected chi connectivity index (χ4v) is 1.97. The third-order valence-corrected chi connectivity index (χ3v) is 3.19. The van der Waals surface area contributed by atoms with Gasteiger partial charge in [-0.1, -0.05) is 13.3 Å². The molecule has 1 N–H and O–H groups in total. The average molecular weight is 318 g/mol. The number of ether oxygens (including phenoxy) is 3. The standard InChI is InChI=1S/C14H22O8/c1-5-6-7-9(15)11(12(17)21-3)14(19,13(18)22-4)8-10(16)20-2/h11,19H,5-8H2,1-4H3. The number of hydrogen-bond acceptors (Lipinski definition) is 8. The topological polar surface area (TPSA) is 116 Å². The Bertz CT molecular complexity index is 431. The lowest BCUT2D eigenvalue weighted by Gasteiger charge is -2.30. The van der Waals surface area contributed by atoms with Crippen LogP contribution in [0, 0.1) is 5.92 Å². The molecule has 0 amide bonds. The van der Waals surface area contributed by atoms with E-state index in [1.807, 2.05) is 6.92 Å². The van der Waals surface area contributed by atoms with Crippen LogP contribution in [-0.4, -0.2) is 55.7 Å². The highest BCUT2D eigenvalue weighted by molar-refractivity contribution is 6.06. The summed E-state index contributed by atoms with van der Waals surface area (Å²) in [7, 11) is 3.03. The van der Waals surface area contributed by atoms with Crippen LogP contribution in [0.5, 0.6) is 0 Å². The molecule has 0 aliphatic carbocycles. The number of unbranched alkanes of at least 4 members (excludes halogenated alkanes) is 1. The third kappa shape index (κ3) is 4.80. The summed E-state index contributed by atoms with van der Waals surface area (Å²) in [6.07, 6.45) is 0.194. The zero-order chi connectivity index (χ0) is 17.3. The van der Waals surface area contributed by atoms with Crippen molar-refractivity contribution in [3.05, 3.63) is 0 Å². The second kappa shape index (κ2) is 9.14. The number of rotatable bonds is 9. The SMILES string of the molecule is CCCCC(=O)C(C(=O)OC)C(O)(CC(=O)OC)C(=O)OC. The predicted molar refractivity (Wildman–Crippen MR) is 73.6 cm³/mol. The van der Waals surface area contributed by atoms with Gasteiger partial charge in [0.25, 0.3) is 0 Å². The summed E-state index contributed by atoms with van der Waals surface area (Å²) in [5.74, 6) is -5.91. The summed E-state index contributed by atoms with van der Waals surface area (Å²) in [6.45, 7) is 1.83. The summed E-state index contributed by atoms with van der Waals surface area (Å²) < 4.78 is 13.3. The number of hydrogen-bond donors (Lipinski definition) is 1. The third-order valence-electron chi connectivity index (χ3n) is 3.19. The van der Waals surface area contributed by atoms with Crippen molar-refractivity contribution < 1.29 is 38.5 Å². The lowest BCUT2D eigenvalue weighted by Crippen LogP contribution is -2.54. The van der Waals surface area contributed by atoms with Gasteiger partial charge in [-0.15, -0.1) is 0 Å². The molecule has 0 rings (SSSR count). The van der Waals surface area contributed by atoms with E-state index in [-0.39, 0.29) is 6.42 Å². The molecule has 0 bridgehead atoms. The predicted octanol–water partition coefficient (Wildman–Crippen LogP) is 0.00210. The molecule has 0 aromatic carbocycles. The molecule has 8 nitrogen and oxygen atoms in total. The Morgan fingerprint density at radius 2 is 1.64 bits per heavy atom. The van der Waals surface area contributed by atoms with E-state index >= 15 is 0 Å². The van der Waals surface area contributed by atoms with Crippen LogP contribution in [0.2, 0.25) is 0 Å². The zero-order valence-electron chi connectivity index (χ0n) is 13.2. The van der Waals surface area contributed by atoms with E-state index in [4.69, 9.17) is 0 Å². The van der Waals surface area contributed by atoms with Gasteiger partial charge in [-0.3, -0.25) is 14.4 Å². The molecule has 0 aromatic heterocycles. The van der Waals surface area contributed by atoms with Crippen LogP contribution in [0.15, 0.2) is 0 Å². The van der Waals surface area contributed by atoms with Crippen molar-refractivity contribution in [2.24, 2.45) is 5.92 Å². The van der Waals surface area contributed by atoms with E-state index in [2.05, 4.69) is 14.2 Å². The van der Waals surface area contributed by atoms with Crippen molar-refractivity contribution in [1.82, 2.24) is 0 Å². The van der Waals surface area contributed by atoms with Crippen LogP contribution in [0.25, 0.3) is 0 Å². The fraction of sp³-hybridized carbons (Fsp3) is 0.714. The molecule has 126 valence electrons. The molecule has 0 heterocycles. The highest BCUT2D eigenvalue weighted by Gasteiger charge is 2.54. The first kappa shape index (κ1) is 20.0. The maximum Gasteiger partial charge on any atom is 0.339 e. The van der Waals surface area contributed by atoms with E-state index in [9.17, 15) is 24.3 Å². The Labute approximate surface area is 128 Å². The molecule has 0 aromatic rings. The minimum Gasteiger partial charge on any atom is -0.469 e. The van der Waals surface area contributed by atoms with Crippen LogP contribution in [0.1, 0.15) is 32.6 Å². The zero-order valence-corrected chi connectivity index (χ0v) is 13.2. The molecule has 0 aliphatic heterocycles. The summed E-state index contributed by atoms with van der Waals surface area (Å²) in [5.41, 5.74) is -2.67. The van der Waals surface area contributed by atoms with E-state index in [1.165, 1.54) is 0 Å². The summed E-state index contributed by atoms with van der Waals surface area (Å²) >= 11 is 0. The molecule has 2 unspecified atom stereocenters. The minimum absolute atomic E-state index is 0.0449. The molecule has 0 aliphatic rings. The van der Waals surface area contributed by atoms with Crippen LogP contribution in [0.3, 0.4) is 0 Å². The first-order valence-electron chi connectivity index (χ1n) is 6.76. The number of Topliss-reactive ketones (excluding diaryl/α,β-unsaturated/α-hetero) is 1. The first-order chi connectivity index (χ1) is 10.3. The molecule has 0 saturated carbocycles. The Hall–Kier alpha value is -1.96. The maximum atomic E-state index is 12.2. The first-order valence-corrected chi connectivity index (χ1v) is 6.76. The van der Waals surface area contributed by atoms with Crippen LogP contribution in [0.4, 0.5) is 0 Å². The van der Waals surface area contributed by atoms with Gasteiger partial charge in [-0.05, 0) is 6.42 Å². The van der Waals surface area contributed by atoms with E-state index in [0.717, 1.165) is 21.3 Å². The molecule has 2 atom stereocenters. The highest BCUT2D eigenvalue weighted by atomic mass is 16.6. The second-order valence-corrected chi connectivity index (χ2v) is 4.69. The second-order valence-electron chi connectivity index (χ2n) is 4.69. The normalized spacial score (nSPS) is 14.4. The Balaban J connectivity index is 5.72. The molecule has 0 spiro atoms. The number of carbonyl (C=O) groups is 4. The molecule has 0 radical (unpaired) electrons. The van der Waals surface area contributed by atoms with E-state index in [0.29, 0.717) is 12.8 Å². The van der Waals surface area contributed by atoms with E-state index < -0.39 is 41.6 Å². The average Bonchev–Trinajstić information content (AvgIpc) is 2.51. The number of carbonyl (C=O) groups excluding carboxylic acids is 4. The fourth-order valence-electron chi connectivity index (χ4n) is 1.97. The van der Waals surface area contributed by atoms with Gasteiger partial charge in [0.2, 0.25) is 0 Å². The van der Waals surface area contributed by atoms with Crippen molar-refractivity contribution >= 4 is 23.7 Å². The van der Waals surface area contributed by atoms with Gasteiger partial charge in [-0.25, -0.2) is 4.79 Å². The Morgan fingerprint density at radius 1 is 1.05 bits per heavy atom. The highest BCUT2D eigenvalue weighted by Crippen LogP contribution is 2.28. The van der Waals surface area contributed by atoms with Crippen LogP contribution >= 0.6 is 0 Å². The van der Waals surface area contributed by atoms with Gasteiger partial charge in [0.1, 0.15) is 0 Å². The van der Waals surface area contributed by atoms with Crippen molar-refractivity contribution in [1.29, 1.82) is 0 Å². The largest absolute Gasteiger partial charge is 0.469 e. The van der Waals surface area contributed by atoms with Gasteiger partial charge >= 0.3 is 17.9 Å². The van der Waals surface area contributed by atoms with Crippen molar-refractivity contribution in [2.75, 3.05) is 21.3 Å². The molecular formula is C14H22O8. The van der Waals surface area contributed by atoms with Crippen LogP contribution < -0.4 is 0 Å². The number of aliphatic hydroxyl groups is 1. The molecule has 0 fully saturated rings.